The van der Waals surface area contributed by atoms with Crippen LogP contribution in [0.5, 0.6) is 0 Å². The molecule has 1 aliphatic rings. The molecule has 1 aromatic carbocycles. The number of nitrogens with zero attached hydrogens (tertiary/aromatic N) is 1. The van der Waals surface area contributed by atoms with Crippen molar-refractivity contribution in [1.29, 1.82) is 0 Å². The number of amides is 2. The number of rotatable bonds is 5. The molecule has 0 bridgehead atoms. The first-order chi connectivity index (χ1) is 10.6. The third kappa shape index (κ3) is 3.61. The molecule has 120 valence electrons. The molecule has 0 unspecified atom stereocenters. The normalized spacial score (nSPS) is 21.8. The number of carbonyl (C=O) groups is 2. The van der Waals surface area contributed by atoms with Crippen LogP contribution in [-0.2, 0) is 9.59 Å². The highest BCUT2D eigenvalue weighted by atomic mass is 35.5. The summed E-state index contributed by atoms with van der Waals surface area (Å²) in [5.41, 5.74) is 0.968. The van der Waals surface area contributed by atoms with E-state index in [1.807, 2.05) is 43.0 Å². The van der Waals surface area contributed by atoms with E-state index in [2.05, 4.69) is 5.32 Å². The molecule has 4 nitrogen and oxygen atoms in total. The second kappa shape index (κ2) is 7.63. The summed E-state index contributed by atoms with van der Waals surface area (Å²) in [6, 6.07) is 7.23. The van der Waals surface area contributed by atoms with Crippen molar-refractivity contribution in [3.05, 3.63) is 34.9 Å². The van der Waals surface area contributed by atoms with Crippen LogP contribution in [0.15, 0.2) is 24.3 Å². The van der Waals surface area contributed by atoms with Crippen molar-refractivity contribution in [3.8, 4) is 0 Å². The van der Waals surface area contributed by atoms with Crippen LogP contribution in [0.4, 0.5) is 0 Å². The van der Waals surface area contributed by atoms with Gasteiger partial charge in [0.05, 0.1) is 12.0 Å². The first kappa shape index (κ1) is 16.8. The predicted octanol–water partition coefficient (Wildman–Crippen LogP) is 3.17. The molecule has 1 fully saturated rings. The SMILES string of the molecule is CCCNC(=O)[C@@H]1CCC(=O)N(CC)[C@H]1c1ccc(Cl)cc1. The standard InChI is InChI=1S/C17H23ClN2O2/c1-3-11-19-17(22)14-9-10-15(21)20(4-2)16(14)12-5-7-13(18)8-6-12/h5-8,14,16H,3-4,9-11H2,1-2H3,(H,19,22)/t14-,16+/m1/s1. The zero-order chi connectivity index (χ0) is 16.1. The molecular formula is C17H23ClN2O2. The lowest BCUT2D eigenvalue weighted by Crippen LogP contribution is -2.48. The van der Waals surface area contributed by atoms with Gasteiger partial charge < -0.3 is 10.2 Å². The van der Waals surface area contributed by atoms with Crippen LogP contribution in [0.1, 0.15) is 44.7 Å². The second-order valence-electron chi connectivity index (χ2n) is 5.61. The Kier molecular flexibility index (Phi) is 5.83. The molecule has 1 heterocycles. The van der Waals surface area contributed by atoms with Crippen LogP contribution in [0.3, 0.4) is 0 Å². The highest BCUT2D eigenvalue weighted by molar-refractivity contribution is 6.30. The largest absolute Gasteiger partial charge is 0.356 e. The van der Waals surface area contributed by atoms with E-state index in [0.717, 1.165) is 12.0 Å². The maximum Gasteiger partial charge on any atom is 0.225 e. The van der Waals surface area contributed by atoms with E-state index >= 15 is 0 Å². The average Bonchev–Trinajstić information content (AvgIpc) is 2.53. The van der Waals surface area contributed by atoms with Crippen LogP contribution < -0.4 is 5.32 Å². The monoisotopic (exact) mass is 322 g/mol. The summed E-state index contributed by atoms with van der Waals surface area (Å²) in [6.07, 6.45) is 1.93. The lowest BCUT2D eigenvalue weighted by Gasteiger charge is -2.40. The zero-order valence-corrected chi connectivity index (χ0v) is 13.9. The van der Waals surface area contributed by atoms with E-state index in [1.165, 1.54) is 0 Å². The van der Waals surface area contributed by atoms with Crippen molar-refractivity contribution in [1.82, 2.24) is 10.2 Å². The van der Waals surface area contributed by atoms with E-state index in [9.17, 15) is 9.59 Å². The molecule has 2 rings (SSSR count). The number of hydrogen-bond donors (Lipinski definition) is 1. The number of piperidine rings is 1. The van der Waals surface area contributed by atoms with Crippen molar-refractivity contribution < 1.29 is 9.59 Å². The van der Waals surface area contributed by atoms with Gasteiger partial charge in [0.25, 0.3) is 0 Å². The summed E-state index contributed by atoms with van der Waals surface area (Å²) in [5, 5.41) is 3.62. The van der Waals surface area contributed by atoms with Gasteiger partial charge in [0.15, 0.2) is 0 Å². The van der Waals surface area contributed by atoms with Gasteiger partial charge in [-0.15, -0.1) is 0 Å². The van der Waals surface area contributed by atoms with Gasteiger partial charge in [0, 0.05) is 24.5 Å². The number of carbonyl (C=O) groups excluding carboxylic acids is 2. The smallest absolute Gasteiger partial charge is 0.225 e. The molecule has 1 aromatic rings. The van der Waals surface area contributed by atoms with Crippen LogP contribution in [-0.4, -0.2) is 29.8 Å². The van der Waals surface area contributed by atoms with Gasteiger partial charge in [-0.25, -0.2) is 0 Å². The first-order valence-electron chi connectivity index (χ1n) is 7.91. The summed E-state index contributed by atoms with van der Waals surface area (Å²) >= 11 is 5.96. The lowest BCUT2D eigenvalue weighted by molar-refractivity contribution is -0.143. The van der Waals surface area contributed by atoms with E-state index in [-0.39, 0.29) is 23.8 Å². The highest BCUT2D eigenvalue weighted by Crippen LogP contribution is 2.37. The molecule has 1 aliphatic heterocycles. The molecule has 1 saturated heterocycles. The van der Waals surface area contributed by atoms with Gasteiger partial charge in [-0.1, -0.05) is 30.7 Å². The predicted molar refractivity (Wildman–Crippen MR) is 87.6 cm³/mol. The number of likely N-dealkylation sites (tertiary alicyclic amines) is 1. The fraction of sp³-hybridized carbons (Fsp3) is 0.529. The molecular weight excluding hydrogens is 300 g/mol. The minimum atomic E-state index is -0.208. The molecule has 2 atom stereocenters. The molecule has 0 radical (unpaired) electrons. The number of halogens is 1. The minimum absolute atomic E-state index is 0.0350. The summed E-state index contributed by atoms with van der Waals surface area (Å²) in [5.74, 6) is -0.0554. The van der Waals surface area contributed by atoms with Gasteiger partial charge >= 0.3 is 0 Å². The van der Waals surface area contributed by atoms with Crippen LogP contribution >= 0.6 is 11.6 Å². The highest BCUT2D eigenvalue weighted by Gasteiger charge is 2.39. The molecule has 0 spiro atoms. The molecule has 0 aliphatic carbocycles. The minimum Gasteiger partial charge on any atom is -0.356 e. The Labute approximate surface area is 136 Å². The Balaban J connectivity index is 2.31. The fourth-order valence-corrected chi connectivity index (χ4v) is 3.18. The van der Waals surface area contributed by atoms with Crippen molar-refractivity contribution in [2.45, 2.75) is 39.2 Å². The van der Waals surface area contributed by atoms with Crippen molar-refractivity contribution in [2.75, 3.05) is 13.1 Å². The third-order valence-corrected chi connectivity index (χ3v) is 4.40. The van der Waals surface area contributed by atoms with Gasteiger partial charge in [-0.05, 0) is 37.5 Å². The Morgan fingerprint density at radius 3 is 2.59 bits per heavy atom. The third-order valence-electron chi connectivity index (χ3n) is 4.14. The molecule has 1 N–H and O–H groups in total. The Bertz CT molecular complexity index is 530. The maximum atomic E-state index is 12.5. The van der Waals surface area contributed by atoms with Gasteiger partial charge in [0.1, 0.15) is 0 Å². The molecule has 5 heteroatoms. The second-order valence-corrected chi connectivity index (χ2v) is 6.05. The summed E-state index contributed by atoms with van der Waals surface area (Å²) in [7, 11) is 0. The Morgan fingerprint density at radius 1 is 1.32 bits per heavy atom. The van der Waals surface area contributed by atoms with Crippen LogP contribution in [0.25, 0.3) is 0 Å². The summed E-state index contributed by atoms with van der Waals surface area (Å²) < 4.78 is 0. The maximum absolute atomic E-state index is 12.5. The Hall–Kier alpha value is -1.55. The van der Waals surface area contributed by atoms with Crippen molar-refractivity contribution >= 4 is 23.4 Å². The number of hydrogen-bond acceptors (Lipinski definition) is 2. The van der Waals surface area contributed by atoms with Gasteiger partial charge in [0.2, 0.25) is 11.8 Å². The lowest BCUT2D eigenvalue weighted by atomic mass is 9.83. The van der Waals surface area contributed by atoms with E-state index < -0.39 is 0 Å². The van der Waals surface area contributed by atoms with E-state index in [4.69, 9.17) is 11.6 Å². The first-order valence-corrected chi connectivity index (χ1v) is 8.28. The average molecular weight is 323 g/mol. The molecule has 2 amide bonds. The quantitative estimate of drug-likeness (QED) is 0.905. The Morgan fingerprint density at radius 2 is 2.00 bits per heavy atom. The van der Waals surface area contributed by atoms with Gasteiger partial charge in [-0.3, -0.25) is 9.59 Å². The van der Waals surface area contributed by atoms with E-state index in [0.29, 0.717) is 31.0 Å². The number of nitrogens with one attached hydrogen (secondary N) is 1. The number of benzene rings is 1. The van der Waals surface area contributed by atoms with Crippen LogP contribution in [0, 0.1) is 5.92 Å². The van der Waals surface area contributed by atoms with Crippen molar-refractivity contribution in [2.24, 2.45) is 5.92 Å². The topological polar surface area (TPSA) is 49.4 Å². The summed E-state index contributed by atoms with van der Waals surface area (Å²) in [6.45, 7) is 5.25. The molecule has 22 heavy (non-hydrogen) atoms. The van der Waals surface area contributed by atoms with Crippen molar-refractivity contribution in [3.63, 3.8) is 0 Å². The molecule has 0 aromatic heterocycles. The van der Waals surface area contributed by atoms with E-state index in [1.54, 1.807) is 0 Å². The van der Waals surface area contributed by atoms with Gasteiger partial charge in [-0.2, -0.15) is 0 Å². The van der Waals surface area contributed by atoms with Crippen LogP contribution in [0.2, 0.25) is 5.02 Å². The summed E-state index contributed by atoms with van der Waals surface area (Å²) in [4.78, 5) is 26.5. The fourth-order valence-electron chi connectivity index (χ4n) is 3.05. The zero-order valence-electron chi connectivity index (χ0n) is 13.1. The molecule has 0 saturated carbocycles.